The van der Waals surface area contributed by atoms with Gasteiger partial charge < -0.3 is 25.7 Å². The molecule has 0 aromatic carbocycles. The molecule has 1 atom stereocenters. The monoisotopic (exact) mass is 261 g/mol. The number of ether oxygens (including phenoxy) is 1. The predicted octanol–water partition coefficient (Wildman–Crippen LogP) is -0.384. The topological polar surface area (TPSA) is 108 Å². The average Bonchev–Trinajstić information content (AvgIpc) is 2.39. The first-order chi connectivity index (χ1) is 8.58. The molecule has 0 fully saturated rings. The molecular formula is C11H23N3O4. The van der Waals surface area contributed by atoms with E-state index < -0.39 is 5.92 Å². The van der Waals surface area contributed by atoms with Gasteiger partial charge in [0.25, 0.3) is 0 Å². The average molecular weight is 261 g/mol. The second-order valence-electron chi connectivity index (χ2n) is 3.96. The van der Waals surface area contributed by atoms with Gasteiger partial charge in [-0.05, 0) is 6.42 Å². The Hall–Kier alpha value is -1.34. The fourth-order valence-electron chi connectivity index (χ4n) is 1.50. The molecule has 0 saturated carbocycles. The van der Waals surface area contributed by atoms with Gasteiger partial charge in [-0.3, -0.25) is 4.79 Å². The van der Waals surface area contributed by atoms with Gasteiger partial charge in [0, 0.05) is 13.6 Å². The lowest BCUT2D eigenvalue weighted by Gasteiger charge is -2.22. The maximum absolute atomic E-state index is 12.0. The zero-order valence-electron chi connectivity index (χ0n) is 11.0. The van der Waals surface area contributed by atoms with Crippen molar-refractivity contribution in [2.45, 2.75) is 19.8 Å². The van der Waals surface area contributed by atoms with Crippen LogP contribution in [0.4, 0.5) is 0 Å². The van der Waals surface area contributed by atoms with Crippen molar-refractivity contribution in [2.75, 3.05) is 33.4 Å². The predicted molar refractivity (Wildman–Crippen MR) is 67.3 cm³/mol. The third-order valence-electron chi connectivity index (χ3n) is 2.53. The molecule has 0 aromatic heterocycles. The molecule has 0 aliphatic carbocycles. The Balaban J connectivity index is 4.29. The summed E-state index contributed by atoms with van der Waals surface area (Å²) in [6, 6.07) is 0. The number of amidine groups is 1. The van der Waals surface area contributed by atoms with Crippen LogP contribution in [0.2, 0.25) is 0 Å². The second-order valence-corrected chi connectivity index (χ2v) is 3.96. The number of hydrogen-bond acceptors (Lipinski definition) is 5. The van der Waals surface area contributed by atoms with Crippen LogP contribution in [-0.2, 0) is 9.53 Å². The molecule has 18 heavy (non-hydrogen) atoms. The molecule has 1 amide bonds. The summed E-state index contributed by atoms with van der Waals surface area (Å²) in [5.41, 5.74) is 5.51. The number of likely N-dealkylation sites (N-methyl/N-ethyl adjacent to an activating group) is 1. The SMILES string of the molecule is CCCC(C(=O)N(C)CCOCCO)C(N)=NO. The first-order valence-electron chi connectivity index (χ1n) is 5.99. The smallest absolute Gasteiger partial charge is 0.233 e. The minimum Gasteiger partial charge on any atom is -0.409 e. The Morgan fingerprint density at radius 2 is 2.17 bits per heavy atom. The van der Waals surface area contributed by atoms with Crippen molar-refractivity contribution in [3.05, 3.63) is 0 Å². The van der Waals surface area contributed by atoms with E-state index in [1.807, 2.05) is 6.92 Å². The maximum atomic E-state index is 12.0. The Kier molecular flexibility index (Phi) is 8.95. The van der Waals surface area contributed by atoms with E-state index in [1.54, 1.807) is 7.05 Å². The van der Waals surface area contributed by atoms with Crippen molar-refractivity contribution in [3.8, 4) is 0 Å². The lowest BCUT2D eigenvalue weighted by atomic mass is 10.0. The van der Waals surface area contributed by atoms with Crippen LogP contribution >= 0.6 is 0 Å². The summed E-state index contributed by atoms with van der Waals surface area (Å²) >= 11 is 0. The van der Waals surface area contributed by atoms with E-state index in [0.29, 0.717) is 19.6 Å². The number of nitrogens with two attached hydrogens (primary N) is 1. The molecule has 0 aliphatic heterocycles. The Bertz CT molecular complexity index is 271. The highest BCUT2D eigenvalue weighted by Gasteiger charge is 2.25. The summed E-state index contributed by atoms with van der Waals surface area (Å²) in [5, 5.41) is 20.1. The van der Waals surface area contributed by atoms with Crippen molar-refractivity contribution < 1.29 is 19.8 Å². The van der Waals surface area contributed by atoms with E-state index in [2.05, 4.69) is 5.16 Å². The number of hydrogen-bond donors (Lipinski definition) is 3. The molecule has 0 saturated heterocycles. The van der Waals surface area contributed by atoms with Crippen molar-refractivity contribution in [1.82, 2.24) is 4.90 Å². The molecule has 1 unspecified atom stereocenters. The summed E-state index contributed by atoms with van der Waals surface area (Å²) in [5.74, 6) is -0.854. The van der Waals surface area contributed by atoms with Crippen LogP contribution < -0.4 is 5.73 Å². The largest absolute Gasteiger partial charge is 0.409 e. The van der Waals surface area contributed by atoms with E-state index in [0.717, 1.165) is 6.42 Å². The van der Waals surface area contributed by atoms with Gasteiger partial charge >= 0.3 is 0 Å². The highest BCUT2D eigenvalue weighted by Crippen LogP contribution is 2.10. The molecule has 0 rings (SSSR count). The van der Waals surface area contributed by atoms with Gasteiger partial charge in [0.15, 0.2) is 5.84 Å². The summed E-state index contributed by atoms with van der Waals surface area (Å²) in [6.45, 7) is 2.88. The van der Waals surface area contributed by atoms with Crippen molar-refractivity contribution in [3.63, 3.8) is 0 Å². The van der Waals surface area contributed by atoms with E-state index >= 15 is 0 Å². The molecule has 106 valence electrons. The van der Waals surface area contributed by atoms with E-state index in [9.17, 15) is 4.79 Å². The van der Waals surface area contributed by atoms with Gasteiger partial charge in [-0.15, -0.1) is 0 Å². The third-order valence-corrected chi connectivity index (χ3v) is 2.53. The first-order valence-corrected chi connectivity index (χ1v) is 5.99. The fraction of sp³-hybridized carbons (Fsp3) is 0.818. The van der Waals surface area contributed by atoms with Gasteiger partial charge in [-0.25, -0.2) is 0 Å². The molecular weight excluding hydrogens is 238 g/mol. The molecule has 0 aliphatic rings. The first kappa shape index (κ1) is 16.7. The molecule has 7 nitrogen and oxygen atoms in total. The van der Waals surface area contributed by atoms with Gasteiger partial charge in [0.05, 0.1) is 25.7 Å². The minimum atomic E-state index is -0.595. The number of carbonyl (C=O) groups excluding carboxylic acids is 1. The molecule has 0 heterocycles. The molecule has 4 N–H and O–H groups in total. The number of oxime groups is 1. The van der Waals surface area contributed by atoms with Gasteiger partial charge in [0.2, 0.25) is 5.91 Å². The van der Waals surface area contributed by atoms with Gasteiger partial charge in [-0.2, -0.15) is 0 Å². The zero-order valence-corrected chi connectivity index (χ0v) is 11.0. The number of carbonyl (C=O) groups is 1. The van der Waals surface area contributed by atoms with Crippen LogP contribution in [0.5, 0.6) is 0 Å². The third kappa shape index (κ3) is 5.83. The fourth-order valence-corrected chi connectivity index (χ4v) is 1.50. The molecule has 0 aromatic rings. The van der Waals surface area contributed by atoms with E-state index in [1.165, 1.54) is 4.90 Å². The normalized spacial score (nSPS) is 13.4. The van der Waals surface area contributed by atoms with Gasteiger partial charge in [-0.1, -0.05) is 18.5 Å². The highest BCUT2D eigenvalue weighted by atomic mass is 16.5. The summed E-state index contributed by atoms with van der Waals surface area (Å²) in [4.78, 5) is 13.5. The van der Waals surface area contributed by atoms with Crippen molar-refractivity contribution >= 4 is 11.7 Å². The number of nitrogens with zero attached hydrogens (tertiary/aromatic N) is 2. The molecule has 7 heteroatoms. The number of rotatable bonds is 9. The lowest BCUT2D eigenvalue weighted by Crippen LogP contribution is -2.41. The molecule has 0 radical (unpaired) electrons. The summed E-state index contributed by atoms with van der Waals surface area (Å²) in [6.07, 6.45) is 1.30. The number of amides is 1. The van der Waals surface area contributed by atoms with Crippen LogP contribution in [0.25, 0.3) is 0 Å². The summed E-state index contributed by atoms with van der Waals surface area (Å²) in [7, 11) is 1.64. The van der Waals surface area contributed by atoms with E-state index in [4.69, 9.17) is 20.8 Å². The maximum Gasteiger partial charge on any atom is 0.233 e. The minimum absolute atomic E-state index is 0.0414. The second kappa shape index (κ2) is 9.67. The van der Waals surface area contributed by atoms with Crippen LogP contribution in [0.15, 0.2) is 5.16 Å². The molecule has 0 spiro atoms. The van der Waals surface area contributed by atoms with Crippen LogP contribution in [-0.4, -0.2) is 60.4 Å². The standard InChI is InChI=1S/C11H23N3O4/c1-3-4-9(10(12)13-17)11(16)14(2)5-7-18-8-6-15/h9,15,17H,3-8H2,1-2H3,(H2,12,13). The quantitative estimate of drug-likeness (QED) is 0.172. The molecule has 0 bridgehead atoms. The van der Waals surface area contributed by atoms with Crippen molar-refractivity contribution in [1.29, 1.82) is 0 Å². The number of aliphatic hydroxyl groups is 1. The van der Waals surface area contributed by atoms with Crippen LogP contribution in [0, 0.1) is 5.92 Å². The van der Waals surface area contributed by atoms with Gasteiger partial charge in [0.1, 0.15) is 0 Å². The lowest BCUT2D eigenvalue weighted by molar-refractivity contribution is -0.133. The highest BCUT2D eigenvalue weighted by molar-refractivity contribution is 6.01. The van der Waals surface area contributed by atoms with Crippen LogP contribution in [0.3, 0.4) is 0 Å². The van der Waals surface area contributed by atoms with E-state index in [-0.39, 0.29) is 25.0 Å². The Morgan fingerprint density at radius 3 is 2.67 bits per heavy atom. The zero-order chi connectivity index (χ0) is 14.0. The Morgan fingerprint density at radius 1 is 1.50 bits per heavy atom. The van der Waals surface area contributed by atoms with Crippen molar-refractivity contribution in [2.24, 2.45) is 16.8 Å². The Labute approximate surface area is 107 Å². The van der Waals surface area contributed by atoms with Crippen LogP contribution in [0.1, 0.15) is 19.8 Å². The number of aliphatic hydroxyl groups excluding tert-OH is 1. The summed E-state index contributed by atoms with van der Waals surface area (Å²) < 4.78 is 5.08.